The Morgan fingerprint density at radius 2 is 1.93 bits per heavy atom. The number of hydrogen-bond donors (Lipinski definition) is 2. The van der Waals surface area contributed by atoms with Crippen LogP contribution in [-0.4, -0.2) is 18.3 Å². The summed E-state index contributed by atoms with van der Waals surface area (Å²) in [5.41, 5.74) is 2.65. The monoisotopic (exact) mass is 207 g/mol. The van der Waals surface area contributed by atoms with E-state index in [1.54, 1.807) is 0 Å². The smallest absolute Gasteiger partial charge is 0.0468 e. The number of aliphatic hydroxyl groups is 1. The maximum atomic E-state index is 8.93. The molecule has 1 aromatic carbocycles. The Morgan fingerprint density at radius 1 is 1.27 bits per heavy atom. The summed E-state index contributed by atoms with van der Waals surface area (Å²) in [4.78, 5) is 0. The van der Waals surface area contributed by atoms with Gasteiger partial charge in [0.1, 0.15) is 0 Å². The first-order valence-electron chi connectivity index (χ1n) is 5.55. The molecule has 1 unspecified atom stereocenters. The fourth-order valence-electron chi connectivity index (χ4n) is 1.63. The Hall–Kier alpha value is -0.860. The van der Waals surface area contributed by atoms with E-state index in [1.165, 1.54) is 11.1 Å². The first-order chi connectivity index (χ1) is 7.15. The topological polar surface area (TPSA) is 32.3 Å². The van der Waals surface area contributed by atoms with Crippen LogP contribution in [0.4, 0.5) is 0 Å². The Balaban J connectivity index is 2.54. The minimum absolute atomic E-state index is 0.244. The van der Waals surface area contributed by atoms with Crippen molar-refractivity contribution in [3.8, 4) is 0 Å². The number of nitrogens with one attached hydrogen (secondary N) is 1. The zero-order valence-electron chi connectivity index (χ0n) is 9.83. The number of rotatable bonds is 5. The van der Waals surface area contributed by atoms with Gasteiger partial charge in [-0.1, -0.05) is 31.2 Å². The molecule has 0 aliphatic rings. The van der Waals surface area contributed by atoms with Gasteiger partial charge in [0.2, 0.25) is 0 Å². The Morgan fingerprint density at radius 3 is 2.53 bits per heavy atom. The second-order valence-electron chi connectivity index (χ2n) is 4.27. The van der Waals surface area contributed by atoms with Gasteiger partial charge in [-0.2, -0.15) is 0 Å². The van der Waals surface area contributed by atoms with Crippen LogP contribution in [0.15, 0.2) is 24.3 Å². The van der Waals surface area contributed by atoms with Crippen molar-refractivity contribution < 1.29 is 5.11 Å². The van der Waals surface area contributed by atoms with E-state index in [2.05, 4.69) is 43.4 Å². The normalized spacial score (nSPS) is 14.9. The third-order valence-electron chi connectivity index (χ3n) is 2.74. The molecule has 0 saturated heterocycles. The molecule has 1 rings (SSSR count). The lowest BCUT2D eigenvalue weighted by Gasteiger charge is -2.18. The second-order valence-corrected chi connectivity index (χ2v) is 4.27. The van der Waals surface area contributed by atoms with Gasteiger partial charge in [-0.25, -0.2) is 0 Å². The van der Waals surface area contributed by atoms with Crippen LogP contribution in [0.25, 0.3) is 0 Å². The first-order valence-corrected chi connectivity index (χ1v) is 5.55. The lowest BCUT2D eigenvalue weighted by atomic mass is 10.0. The number of aryl methyl sites for hydroxylation is 1. The number of benzene rings is 1. The molecular weight excluding hydrogens is 186 g/mol. The van der Waals surface area contributed by atoms with Crippen molar-refractivity contribution in [1.82, 2.24) is 5.32 Å². The fourth-order valence-corrected chi connectivity index (χ4v) is 1.63. The molecule has 2 heteroatoms. The van der Waals surface area contributed by atoms with Gasteiger partial charge < -0.3 is 10.4 Å². The third kappa shape index (κ3) is 3.65. The Kier molecular flexibility index (Phi) is 4.79. The molecule has 0 heterocycles. The number of hydrogen-bond acceptors (Lipinski definition) is 2. The summed E-state index contributed by atoms with van der Waals surface area (Å²) >= 11 is 0. The first kappa shape index (κ1) is 12.2. The molecule has 0 amide bonds. The third-order valence-corrected chi connectivity index (χ3v) is 2.74. The molecule has 15 heavy (non-hydrogen) atoms. The van der Waals surface area contributed by atoms with Gasteiger partial charge in [0, 0.05) is 19.2 Å². The fraction of sp³-hybridized carbons (Fsp3) is 0.538. The van der Waals surface area contributed by atoms with E-state index in [9.17, 15) is 0 Å². The van der Waals surface area contributed by atoms with Gasteiger partial charge in [-0.3, -0.25) is 0 Å². The molecule has 2 nitrogen and oxygen atoms in total. The van der Waals surface area contributed by atoms with E-state index in [0.717, 1.165) is 6.54 Å². The Bertz CT molecular complexity index is 298. The van der Waals surface area contributed by atoms with Crippen LogP contribution in [0.3, 0.4) is 0 Å². The highest BCUT2D eigenvalue weighted by molar-refractivity contribution is 5.28. The summed E-state index contributed by atoms with van der Waals surface area (Å²) in [6.07, 6.45) is 0. The molecule has 0 fully saturated rings. The molecule has 2 atom stereocenters. The van der Waals surface area contributed by atoms with E-state index < -0.39 is 0 Å². The zero-order valence-corrected chi connectivity index (χ0v) is 9.83. The standard InChI is InChI=1S/C13H21NO/c1-10(9-15)8-14-12(3)13-7-5-4-6-11(13)2/h4-7,10,12,14-15H,8-9H2,1-3H3/t10?,12-/m0/s1. The van der Waals surface area contributed by atoms with E-state index in [0.29, 0.717) is 12.0 Å². The Labute approximate surface area is 92.3 Å². The summed E-state index contributed by atoms with van der Waals surface area (Å²) < 4.78 is 0. The SMILES string of the molecule is Cc1ccccc1[C@H](C)NCC(C)CO. The molecule has 0 aliphatic heterocycles. The van der Waals surface area contributed by atoms with Crippen LogP contribution in [0.1, 0.15) is 31.0 Å². The van der Waals surface area contributed by atoms with E-state index in [4.69, 9.17) is 5.11 Å². The average Bonchev–Trinajstić information content (AvgIpc) is 2.26. The zero-order chi connectivity index (χ0) is 11.3. The molecule has 0 saturated carbocycles. The maximum Gasteiger partial charge on any atom is 0.0468 e. The summed E-state index contributed by atoms with van der Waals surface area (Å²) in [6.45, 7) is 7.42. The lowest BCUT2D eigenvalue weighted by Crippen LogP contribution is -2.26. The molecule has 0 aromatic heterocycles. The molecule has 0 spiro atoms. The van der Waals surface area contributed by atoms with Gasteiger partial charge in [0.05, 0.1) is 0 Å². The van der Waals surface area contributed by atoms with Crippen LogP contribution < -0.4 is 5.32 Å². The minimum atomic E-state index is 0.244. The summed E-state index contributed by atoms with van der Waals surface area (Å²) in [6, 6.07) is 8.75. The largest absolute Gasteiger partial charge is 0.396 e. The van der Waals surface area contributed by atoms with Crippen LogP contribution in [-0.2, 0) is 0 Å². The highest BCUT2D eigenvalue weighted by Gasteiger charge is 2.08. The van der Waals surface area contributed by atoms with Gasteiger partial charge in [-0.05, 0) is 30.9 Å². The average molecular weight is 207 g/mol. The predicted molar refractivity (Wildman–Crippen MR) is 63.8 cm³/mol. The van der Waals surface area contributed by atoms with Crippen molar-refractivity contribution in [1.29, 1.82) is 0 Å². The summed E-state index contributed by atoms with van der Waals surface area (Å²) in [7, 11) is 0. The van der Waals surface area contributed by atoms with Crippen molar-refractivity contribution in [3.05, 3.63) is 35.4 Å². The van der Waals surface area contributed by atoms with Crippen LogP contribution in [0.5, 0.6) is 0 Å². The molecule has 0 radical (unpaired) electrons. The van der Waals surface area contributed by atoms with Gasteiger partial charge in [0.25, 0.3) is 0 Å². The molecular formula is C13H21NO. The van der Waals surface area contributed by atoms with E-state index in [-0.39, 0.29) is 6.61 Å². The predicted octanol–water partition coefficient (Wildman–Crippen LogP) is 2.27. The van der Waals surface area contributed by atoms with Gasteiger partial charge in [-0.15, -0.1) is 0 Å². The van der Waals surface area contributed by atoms with E-state index >= 15 is 0 Å². The van der Waals surface area contributed by atoms with Crippen LogP contribution in [0.2, 0.25) is 0 Å². The minimum Gasteiger partial charge on any atom is -0.396 e. The van der Waals surface area contributed by atoms with Crippen molar-refractivity contribution in [2.75, 3.05) is 13.2 Å². The van der Waals surface area contributed by atoms with E-state index in [1.807, 2.05) is 6.92 Å². The summed E-state index contributed by atoms with van der Waals surface area (Å²) in [5, 5.41) is 12.4. The van der Waals surface area contributed by atoms with Gasteiger partial charge in [0.15, 0.2) is 0 Å². The highest BCUT2D eigenvalue weighted by atomic mass is 16.3. The van der Waals surface area contributed by atoms with Crippen LogP contribution >= 0.6 is 0 Å². The maximum absolute atomic E-state index is 8.93. The lowest BCUT2D eigenvalue weighted by molar-refractivity contribution is 0.231. The summed E-state index contributed by atoms with van der Waals surface area (Å²) in [5.74, 6) is 0.316. The molecule has 2 N–H and O–H groups in total. The molecule has 84 valence electrons. The second kappa shape index (κ2) is 5.89. The van der Waals surface area contributed by atoms with Crippen molar-refractivity contribution in [3.63, 3.8) is 0 Å². The number of aliphatic hydroxyl groups excluding tert-OH is 1. The van der Waals surface area contributed by atoms with Gasteiger partial charge >= 0.3 is 0 Å². The van der Waals surface area contributed by atoms with Crippen LogP contribution in [0, 0.1) is 12.8 Å². The van der Waals surface area contributed by atoms with Crippen molar-refractivity contribution in [2.24, 2.45) is 5.92 Å². The quantitative estimate of drug-likeness (QED) is 0.776. The molecule has 0 bridgehead atoms. The van der Waals surface area contributed by atoms with Crippen molar-refractivity contribution in [2.45, 2.75) is 26.8 Å². The highest BCUT2D eigenvalue weighted by Crippen LogP contribution is 2.16. The molecule has 0 aliphatic carbocycles. The van der Waals surface area contributed by atoms with Crippen molar-refractivity contribution >= 4 is 0 Å². The molecule has 1 aromatic rings.